The van der Waals surface area contributed by atoms with Gasteiger partial charge in [0.1, 0.15) is 5.82 Å². The van der Waals surface area contributed by atoms with E-state index in [4.69, 9.17) is 0 Å². The van der Waals surface area contributed by atoms with Crippen LogP contribution < -0.4 is 10.2 Å². The van der Waals surface area contributed by atoms with Crippen molar-refractivity contribution >= 4 is 23.2 Å². The third-order valence-electron chi connectivity index (χ3n) is 4.60. The van der Waals surface area contributed by atoms with Crippen molar-refractivity contribution in [3.8, 4) is 0 Å². The molecule has 0 bridgehead atoms. The van der Waals surface area contributed by atoms with Gasteiger partial charge in [0.2, 0.25) is 5.91 Å². The first-order chi connectivity index (χ1) is 12.6. The number of hydrogen-bond donors (Lipinski definition) is 1. The molecule has 1 amide bonds. The maximum absolute atomic E-state index is 12.0. The molecule has 0 saturated carbocycles. The molecule has 1 N–H and O–H groups in total. The molecule has 3 rings (SSSR count). The highest BCUT2D eigenvalue weighted by molar-refractivity contribution is 5.94. The van der Waals surface area contributed by atoms with Crippen molar-refractivity contribution in [2.45, 2.75) is 13.3 Å². The zero-order valence-corrected chi connectivity index (χ0v) is 15.0. The number of carbonyl (C=O) groups is 2. The molecule has 2 heterocycles. The number of anilines is 2. The lowest BCUT2D eigenvalue weighted by Crippen LogP contribution is -2.47. The van der Waals surface area contributed by atoms with Gasteiger partial charge in [-0.05, 0) is 43.3 Å². The molecule has 136 valence electrons. The summed E-state index contributed by atoms with van der Waals surface area (Å²) in [4.78, 5) is 32.1. The van der Waals surface area contributed by atoms with Crippen molar-refractivity contribution in [3.05, 3.63) is 54.2 Å². The van der Waals surface area contributed by atoms with E-state index in [1.165, 1.54) is 0 Å². The number of piperazine rings is 1. The Morgan fingerprint density at radius 3 is 2.38 bits per heavy atom. The first-order valence-electron chi connectivity index (χ1n) is 8.91. The van der Waals surface area contributed by atoms with Crippen molar-refractivity contribution in [2.24, 2.45) is 0 Å². The molecular formula is C20H24N4O2. The van der Waals surface area contributed by atoms with Crippen LogP contribution in [0.5, 0.6) is 0 Å². The van der Waals surface area contributed by atoms with Crippen molar-refractivity contribution in [1.29, 1.82) is 0 Å². The maximum Gasteiger partial charge on any atom is 0.226 e. The number of aromatic nitrogens is 1. The van der Waals surface area contributed by atoms with E-state index in [9.17, 15) is 9.59 Å². The summed E-state index contributed by atoms with van der Waals surface area (Å²) >= 11 is 0. The van der Waals surface area contributed by atoms with Gasteiger partial charge in [-0.25, -0.2) is 4.98 Å². The van der Waals surface area contributed by atoms with E-state index in [1.807, 2.05) is 36.4 Å². The van der Waals surface area contributed by atoms with Gasteiger partial charge in [0, 0.05) is 56.6 Å². The second-order valence-corrected chi connectivity index (χ2v) is 6.44. The number of hydrogen-bond acceptors (Lipinski definition) is 5. The summed E-state index contributed by atoms with van der Waals surface area (Å²) in [6, 6.07) is 13.2. The zero-order chi connectivity index (χ0) is 18.4. The number of nitrogens with zero attached hydrogens (tertiary/aromatic N) is 3. The molecule has 6 nitrogen and oxygen atoms in total. The fourth-order valence-electron chi connectivity index (χ4n) is 3.04. The molecule has 1 saturated heterocycles. The Kier molecular flexibility index (Phi) is 5.96. The lowest BCUT2D eigenvalue weighted by atomic mass is 10.1. The Bertz CT molecular complexity index is 738. The fraction of sp³-hybridized carbons (Fsp3) is 0.350. The van der Waals surface area contributed by atoms with Gasteiger partial charge in [0.25, 0.3) is 0 Å². The van der Waals surface area contributed by atoms with Gasteiger partial charge >= 0.3 is 0 Å². The topological polar surface area (TPSA) is 65.5 Å². The van der Waals surface area contributed by atoms with E-state index in [-0.39, 0.29) is 11.7 Å². The molecule has 1 aliphatic rings. The van der Waals surface area contributed by atoms with Gasteiger partial charge < -0.3 is 10.2 Å². The van der Waals surface area contributed by atoms with Crippen LogP contribution in [-0.2, 0) is 4.79 Å². The minimum Gasteiger partial charge on any atom is -0.369 e. The summed E-state index contributed by atoms with van der Waals surface area (Å²) in [6.45, 7) is 6.01. The van der Waals surface area contributed by atoms with Crippen LogP contribution in [0.3, 0.4) is 0 Å². The number of amides is 1. The average Bonchev–Trinajstić information content (AvgIpc) is 2.68. The van der Waals surface area contributed by atoms with Crippen LogP contribution in [0.15, 0.2) is 48.7 Å². The number of pyridine rings is 1. The smallest absolute Gasteiger partial charge is 0.226 e. The molecule has 0 unspecified atom stereocenters. The number of ketones is 1. The van der Waals surface area contributed by atoms with Crippen LogP contribution >= 0.6 is 0 Å². The molecule has 1 aliphatic heterocycles. The van der Waals surface area contributed by atoms with Crippen molar-refractivity contribution in [3.63, 3.8) is 0 Å². The Labute approximate surface area is 153 Å². The van der Waals surface area contributed by atoms with Gasteiger partial charge in [-0.2, -0.15) is 0 Å². The number of benzene rings is 1. The van der Waals surface area contributed by atoms with E-state index in [0.717, 1.165) is 44.0 Å². The van der Waals surface area contributed by atoms with Gasteiger partial charge in [-0.3, -0.25) is 14.5 Å². The summed E-state index contributed by atoms with van der Waals surface area (Å²) < 4.78 is 0. The molecule has 26 heavy (non-hydrogen) atoms. The molecule has 0 spiro atoms. The van der Waals surface area contributed by atoms with Crippen LogP contribution in [0.2, 0.25) is 0 Å². The van der Waals surface area contributed by atoms with Crippen molar-refractivity contribution < 1.29 is 9.59 Å². The van der Waals surface area contributed by atoms with Crippen LogP contribution in [0, 0.1) is 0 Å². The summed E-state index contributed by atoms with van der Waals surface area (Å²) in [5, 5.41) is 2.82. The highest BCUT2D eigenvalue weighted by Gasteiger charge is 2.18. The summed E-state index contributed by atoms with van der Waals surface area (Å²) in [5.74, 6) is 0.674. The minimum absolute atomic E-state index is 0.00838. The number of nitrogens with one attached hydrogen (secondary N) is 1. The molecule has 2 aromatic rings. The summed E-state index contributed by atoms with van der Waals surface area (Å²) in [6.07, 6.45) is 2.13. The normalized spacial score (nSPS) is 14.9. The van der Waals surface area contributed by atoms with Crippen LogP contribution in [-0.4, -0.2) is 54.3 Å². The van der Waals surface area contributed by atoms with E-state index < -0.39 is 0 Å². The van der Waals surface area contributed by atoms with E-state index in [0.29, 0.717) is 12.2 Å². The Morgan fingerprint density at radius 2 is 1.77 bits per heavy atom. The van der Waals surface area contributed by atoms with Gasteiger partial charge in [0.05, 0.1) is 0 Å². The Hall–Kier alpha value is -2.73. The largest absolute Gasteiger partial charge is 0.369 e. The summed E-state index contributed by atoms with van der Waals surface area (Å²) in [7, 11) is 0. The van der Waals surface area contributed by atoms with E-state index in [1.54, 1.807) is 19.2 Å². The molecular weight excluding hydrogens is 328 g/mol. The summed E-state index contributed by atoms with van der Waals surface area (Å²) in [5.41, 5.74) is 1.88. The second-order valence-electron chi connectivity index (χ2n) is 6.44. The first-order valence-corrected chi connectivity index (χ1v) is 8.91. The van der Waals surface area contributed by atoms with Crippen molar-refractivity contribution in [1.82, 2.24) is 9.88 Å². The predicted octanol–water partition coefficient (Wildman–Crippen LogP) is 2.44. The first kappa shape index (κ1) is 18.1. The van der Waals surface area contributed by atoms with Gasteiger partial charge in [-0.1, -0.05) is 6.07 Å². The predicted molar refractivity (Wildman–Crippen MR) is 103 cm³/mol. The Balaban J connectivity index is 1.42. The van der Waals surface area contributed by atoms with Crippen LogP contribution in [0.1, 0.15) is 23.7 Å². The monoisotopic (exact) mass is 352 g/mol. The van der Waals surface area contributed by atoms with Crippen LogP contribution in [0.25, 0.3) is 0 Å². The molecule has 1 aromatic heterocycles. The molecule has 0 aliphatic carbocycles. The molecule has 0 radical (unpaired) electrons. The van der Waals surface area contributed by atoms with E-state index >= 15 is 0 Å². The van der Waals surface area contributed by atoms with Crippen LogP contribution in [0.4, 0.5) is 11.5 Å². The maximum atomic E-state index is 12.0. The number of Topliss-reactive ketones (excluding diaryl/α,β-unsaturated/α-hetero) is 1. The Morgan fingerprint density at radius 1 is 1.04 bits per heavy atom. The lowest BCUT2D eigenvalue weighted by Gasteiger charge is -2.36. The molecule has 0 atom stereocenters. The fourth-order valence-corrected chi connectivity index (χ4v) is 3.04. The zero-order valence-electron chi connectivity index (χ0n) is 15.0. The quantitative estimate of drug-likeness (QED) is 0.809. The standard InChI is InChI=1S/C20H24N4O2/c1-16(25)17-5-7-18(8-6-17)24-14-12-23(13-15-24)11-9-20(26)22-19-4-2-3-10-21-19/h2-8,10H,9,11-15H2,1H3,(H,21,22,26). The third kappa shape index (κ3) is 4.89. The highest BCUT2D eigenvalue weighted by atomic mass is 16.1. The van der Waals surface area contributed by atoms with Crippen molar-refractivity contribution in [2.75, 3.05) is 42.9 Å². The molecule has 1 fully saturated rings. The lowest BCUT2D eigenvalue weighted by molar-refractivity contribution is -0.116. The SMILES string of the molecule is CC(=O)c1ccc(N2CCN(CCC(=O)Nc3ccccn3)CC2)cc1. The van der Waals surface area contributed by atoms with Gasteiger partial charge in [0.15, 0.2) is 5.78 Å². The highest BCUT2D eigenvalue weighted by Crippen LogP contribution is 2.17. The molecule has 6 heteroatoms. The second kappa shape index (κ2) is 8.58. The van der Waals surface area contributed by atoms with Gasteiger partial charge in [-0.15, -0.1) is 0 Å². The average molecular weight is 352 g/mol. The van der Waals surface area contributed by atoms with E-state index in [2.05, 4.69) is 20.1 Å². The molecule has 1 aromatic carbocycles. The number of carbonyl (C=O) groups excluding carboxylic acids is 2. The minimum atomic E-state index is -0.00838. The number of rotatable bonds is 6. The third-order valence-corrected chi connectivity index (χ3v) is 4.60.